The van der Waals surface area contributed by atoms with Crippen molar-refractivity contribution in [2.45, 2.75) is 19.4 Å². The van der Waals surface area contributed by atoms with Gasteiger partial charge in [-0.2, -0.15) is 0 Å². The van der Waals surface area contributed by atoms with Crippen molar-refractivity contribution in [3.05, 3.63) is 71.5 Å². The van der Waals surface area contributed by atoms with Crippen LogP contribution in [0.3, 0.4) is 0 Å². The number of ether oxygens (including phenoxy) is 1. The first-order valence-corrected chi connectivity index (χ1v) is 9.19. The van der Waals surface area contributed by atoms with E-state index in [1.807, 2.05) is 35.7 Å². The molecule has 3 aromatic rings. The lowest BCUT2D eigenvalue weighted by atomic mass is 10.2. The van der Waals surface area contributed by atoms with Crippen LogP contribution in [0.25, 0.3) is 10.6 Å². The van der Waals surface area contributed by atoms with Crippen molar-refractivity contribution in [1.82, 2.24) is 10.3 Å². The average Bonchev–Trinajstić information content (AvgIpc) is 3.13. The molecule has 1 N–H and O–H groups in total. The van der Waals surface area contributed by atoms with Crippen molar-refractivity contribution in [1.29, 1.82) is 0 Å². The number of nitrogens with one attached hydrogen (secondary N) is 1. The number of nitrogens with zero attached hydrogens (tertiary/aromatic N) is 1. The summed E-state index contributed by atoms with van der Waals surface area (Å²) in [4.78, 5) is 16.7. The summed E-state index contributed by atoms with van der Waals surface area (Å²) in [7, 11) is 0. The molecule has 1 amide bonds. The van der Waals surface area contributed by atoms with Gasteiger partial charge in [0.15, 0.2) is 6.10 Å². The zero-order chi connectivity index (χ0) is 18.4. The quantitative estimate of drug-likeness (QED) is 0.682. The summed E-state index contributed by atoms with van der Waals surface area (Å²) in [6.45, 7) is 2.14. The second-order valence-electron chi connectivity index (χ2n) is 5.77. The van der Waals surface area contributed by atoms with Crippen molar-refractivity contribution in [2.75, 3.05) is 6.54 Å². The lowest BCUT2D eigenvalue weighted by molar-refractivity contribution is -0.127. The van der Waals surface area contributed by atoms with Gasteiger partial charge in [0, 0.05) is 23.9 Å². The minimum absolute atomic E-state index is 0.215. The van der Waals surface area contributed by atoms with Crippen LogP contribution in [0, 0.1) is 5.82 Å². The number of carbonyl (C=O) groups is 1. The van der Waals surface area contributed by atoms with E-state index in [2.05, 4.69) is 10.3 Å². The molecule has 134 valence electrons. The Morgan fingerprint density at radius 3 is 2.65 bits per heavy atom. The SMILES string of the molecule is C[C@H](Oc1ccc(F)cc1)C(=O)NCCc1csc(-c2ccccc2)n1. The fourth-order valence-electron chi connectivity index (χ4n) is 2.36. The Bertz CT molecular complexity index is 850. The van der Waals surface area contributed by atoms with Gasteiger partial charge < -0.3 is 10.1 Å². The number of benzene rings is 2. The van der Waals surface area contributed by atoms with Gasteiger partial charge in [-0.05, 0) is 31.2 Å². The van der Waals surface area contributed by atoms with Gasteiger partial charge in [-0.15, -0.1) is 11.3 Å². The van der Waals surface area contributed by atoms with E-state index in [0.29, 0.717) is 18.7 Å². The molecular weight excluding hydrogens is 351 g/mol. The molecule has 0 spiro atoms. The predicted octanol–water partition coefficient (Wildman–Crippen LogP) is 4.08. The van der Waals surface area contributed by atoms with Crippen LogP contribution in [0.4, 0.5) is 4.39 Å². The maximum absolute atomic E-state index is 12.9. The largest absolute Gasteiger partial charge is 0.481 e. The summed E-state index contributed by atoms with van der Waals surface area (Å²) in [5, 5.41) is 5.82. The zero-order valence-electron chi connectivity index (χ0n) is 14.3. The minimum Gasteiger partial charge on any atom is -0.481 e. The number of hydrogen-bond donors (Lipinski definition) is 1. The Hall–Kier alpha value is -2.73. The first-order chi connectivity index (χ1) is 12.6. The fourth-order valence-corrected chi connectivity index (χ4v) is 3.22. The van der Waals surface area contributed by atoms with E-state index in [-0.39, 0.29) is 11.7 Å². The highest BCUT2D eigenvalue weighted by molar-refractivity contribution is 7.13. The highest BCUT2D eigenvalue weighted by atomic mass is 32.1. The number of aromatic nitrogens is 1. The Kier molecular flexibility index (Phi) is 5.96. The van der Waals surface area contributed by atoms with Crippen LogP contribution in [0.2, 0.25) is 0 Å². The van der Waals surface area contributed by atoms with Gasteiger partial charge in [-0.1, -0.05) is 30.3 Å². The number of hydrogen-bond acceptors (Lipinski definition) is 4. The molecule has 0 bridgehead atoms. The molecule has 4 nitrogen and oxygen atoms in total. The van der Waals surface area contributed by atoms with E-state index >= 15 is 0 Å². The highest BCUT2D eigenvalue weighted by Gasteiger charge is 2.14. The molecule has 2 aromatic carbocycles. The summed E-state index contributed by atoms with van der Waals surface area (Å²) >= 11 is 1.59. The molecule has 1 atom stereocenters. The van der Waals surface area contributed by atoms with Gasteiger partial charge in [-0.3, -0.25) is 4.79 Å². The summed E-state index contributed by atoms with van der Waals surface area (Å²) < 4.78 is 18.4. The lowest BCUT2D eigenvalue weighted by Gasteiger charge is -2.14. The van der Waals surface area contributed by atoms with Gasteiger partial charge in [0.05, 0.1) is 5.69 Å². The topological polar surface area (TPSA) is 51.2 Å². The van der Waals surface area contributed by atoms with Gasteiger partial charge in [0.25, 0.3) is 5.91 Å². The molecule has 0 unspecified atom stereocenters. The maximum Gasteiger partial charge on any atom is 0.260 e. The second kappa shape index (κ2) is 8.58. The van der Waals surface area contributed by atoms with Crippen LogP contribution < -0.4 is 10.1 Å². The molecule has 1 heterocycles. The van der Waals surface area contributed by atoms with Crippen molar-refractivity contribution in [2.24, 2.45) is 0 Å². The van der Waals surface area contributed by atoms with Crippen molar-refractivity contribution >= 4 is 17.2 Å². The van der Waals surface area contributed by atoms with Crippen LogP contribution in [-0.4, -0.2) is 23.5 Å². The van der Waals surface area contributed by atoms with E-state index in [0.717, 1.165) is 16.3 Å². The van der Waals surface area contributed by atoms with Crippen molar-refractivity contribution in [3.63, 3.8) is 0 Å². The van der Waals surface area contributed by atoms with Crippen LogP contribution in [0.15, 0.2) is 60.0 Å². The van der Waals surface area contributed by atoms with E-state index in [4.69, 9.17) is 4.74 Å². The predicted molar refractivity (Wildman–Crippen MR) is 101 cm³/mol. The van der Waals surface area contributed by atoms with Crippen LogP contribution in [0.1, 0.15) is 12.6 Å². The van der Waals surface area contributed by atoms with Crippen LogP contribution >= 0.6 is 11.3 Å². The Balaban J connectivity index is 1.46. The minimum atomic E-state index is -0.657. The number of carbonyl (C=O) groups excluding carboxylic acids is 1. The third kappa shape index (κ3) is 4.89. The molecule has 0 saturated carbocycles. The molecule has 1 aromatic heterocycles. The van der Waals surface area contributed by atoms with Gasteiger partial charge in [0.1, 0.15) is 16.6 Å². The van der Waals surface area contributed by atoms with E-state index in [9.17, 15) is 9.18 Å². The Morgan fingerprint density at radius 2 is 1.92 bits per heavy atom. The maximum atomic E-state index is 12.9. The highest BCUT2D eigenvalue weighted by Crippen LogP contribution is 2.23. The van der Waals surface area contributed by atoms with Gasteiger partial charge in [0.2, 0.25) is 0 Å². The van der Waals surface area contributed by atoms with E-state index in [1.165, 1.54) is 24.3 Å². The van der Waals surface area contributed by atoms with E-state index in [1.54, 1.807) is 18.3 Å². The number of amides is 1. The molecule has 3 rings (SSSR count). The smallest absolute Gasteiger partial charge is 0.260 e. The number of rotatable bonds is 7. The lowest BCUT2D eigenvalue weighted by Crippen LogP contribution is -2.37. The van der Waals surface area contributed by atoms with Crippen molar-refractivity contribution in [3.8, 4) is 16.3 Å². The van der Waals surface area contributed by atoms with E-state index < -0.39 is 6.10 Å². The molecule has 0 aliphatic rings. The summed E-state index contributed by atoms with van der Waals surface area (Å²) in [5.74, 6) is -0.0959. The van der Waals surface area contributed by atoms with Crippen LogP contribution in [0.5, 0.6) is 5.75 Å². The molecular formula is C20H19FN2O2S. The Labute approximate surface area is 155 Å². The molecule has 26 heavy (non-hydrogen) atoms. The standard InChI is InChI=1S/C20H19FN2O2S/c1-14(25-18-9-7-16(21)8-10-18)19(24)22-12-11-17-13-26-20(23-17)15-5-3-2-4-6-15/h2-10,13-14H,11-12H2,1H3,(H,22,24)/t14-/m0/s1. The monoisotopic (exact) mass is 370 g/mol. The molecule has 6 heteroatoms. The molecule has 0 radical (unpaired) electrons. The molecule has 0 aliphatic heterocycles. The average molecular weight is 370 g/mol. The molecule has 0 aliphatic carbocycles. The normalized spacial score (nSPS) is 11.8. The third-order valence-corrected chi connectivity index (χ3v) is 4.69. The number of halogens is 1. The third-order valence-electron chi connectivity index (χ3n) is 3.75. The summed E-state index contributed by atoms with van der Waals surface area (Å²) in [6.07, 6.45) is -0.00556. The first-order valence-electron chi connectivity index (χ1n) is 8.31. The van der Waals surface area contributed by atoms with Crippen molar-refractivity contribution < 1.29 is 13.9 Å². The van der Waals surface area contributed by atoms with Gasteiger partial charge >= 0.3 is 0 Å². The zero-order valence-corrected chi connectivity index (χ0v) is 15.1. The number of thiazole rings is 1. The fraction of sp³-hybridized carbons (Fsp3) is 0.200. The molecule has 0 saturated heterocycles. The van der Waals surface area contributed by atoms with Crippen LogP contribution in [-0.2, 0) is 11.2 Å². The summed E-state index contributed by atoms with van der Waals surface area (Å²) in [5.41, 5.74) is 2.04. The first kappa shape index (κ1) is 18.1. The Morgan fingerprint density at radius 1 is 1.19 bits per heavy atom. The second-order valence-corrected chi connectivity index (χ2v) is 6.62. The summed E-state index contributed by atoms with van der Waals surface area (Å²) in [6, 6.07) is 15.6. The molecule has 0 fully saturated rings. The van der Waals surface area contributed by atoms with Gasteiger partial charge in [-0.25, -0.2) is 9.37 Å².